The molecule has 0 saturated heterocycles. The van der Waals surface area contributed by atoms with Crippen LogP contribution in [0.25, 0.3) is 0 Å². The molecule has 0 fully saturated rings. The Morgan fingerprint density at radius 2 is 2.60 bits per heavy atom. The van der Waals surface area contributed by atoms with Gasteiger partial charge in [0.1, 0.15) is 0 Å². The molecule has 0 aromatic carbocycles. The average Bonchev–Trinajstić information content (AvgIpc) is 1.88. The number of nitrogens with zero attached hydrogens (tertiary/aromatic N) is 1. The summed E-state index contributed by atoms with van der Waals surface area (Å²) in [5.41, 5.74) is 0. The summed E-state index contributed by atoms with van der Waals surface area (Å²) in [6.45, 7) is 2.56. The third-order valence-corrected chi connectivity index (χ3v) is 1.39. The third kappa shape index (κ3) is 1.99. The molecule has 1 heterocycles. The molecule has 0 bridgehead atoms. The molecule has 0 unspecified atom stereocenters. The highest BCUT2D eigenvalue weighted by atomic mass is 79.9. The van der Waals surface area contributed by atoms with Gasteiger partial charge in [0.15, 0.2) is 0 Å². The van der Waals surface area contributed by atoms with E-state index < -0.39 is 0 Å². The van der Waals surface area contributed by atoms with Crippen LogP contribution in [0, 0.1) is 6.20 Å². The third-order valence-electron chi connectivity index (χ3n) is 0.931. The van der Waals surface area contributed by atoms with Crippen molar-refractivity contribution in [3.8, 4) is 5.88 Å². The standard InChI is InChI=1S/C7H7BrNO/c1-2-10-7-5-6(8)3-4-9-7/h3,5H,2H2,1H3. The minimum Gasteiger partial charge on any atom is -0.478 e. The van der Waals surface area contributed by atoms with E-state index in [2.05, 4.69) is 27.1 Å². The van der Waals surface area contributed by atoms with Crippen molar-refractivity contribution in [2.24, 2.45) is 0 Å². The fraction of sp³-hybridized carbons (Fsp3) is 0.286. The van der Waals surface area contributed by atoms with E-state index in [0.29, 0.717) is 12.5 Å². The van der Waals surface area contributed by atoms with Crippen LogP contribution < -0.4 is 4.74 Å². The number of hydrogen-bond acceptors (Lipinski definition) is 2. The van der Waals surface area contributed by atoms with Crippen molar-refractivity contribution in [1.82, 2.24) is 4.98 Å². The van der Waals surface area contributed by atoms with Crippen LogP contribution in [0.4, 0.5) is 0 Å². The summed E-state index contributed by atoms with van der Waals surface area (Å²) in [4.78, 5) is 3.85. The summed E-state index contributed by atoms with van der Waals surface area (Å²) in [6.07, 6.45) is 2.69. The Hall–Kier alpha value is -0.570. The predicted octanol–water partition coefficient (Wildman–Crippen LogP) is 2.04. The first-order valence-corrected chi connectivity index (χ1v) is 3.78. The first-order valence-electron chi connectivity index (χ1n) is 2.99. The van der Waals surface area contributed by atoms with Gasteiger partial charge in [-0.15, -0.1) is 0 Å². The van der Waals surface area contributed by atoms with Crippen LogP contribution in [-0.2, 0) is 0 Å². The van der Waals surface area contributed by atoms with Gasteiger partial charge in [-0.2, -0.15) is 0 Å². The zero-order valence-electron chi connectivity index (χ0n) is 5.60. The van der Waals surface area contributed by atoms with E-state index in [9.17, 15) is 0 Å². The van der Waals surface area contributed by atoms with Gasteiger partial charge in [-0.25, -0.2) is 4.98 Å². The molecule has 1 aromatic heterocycles. The Kier molecular flexibility index (Phi) is 2.68. The lowest BCUT2D eigenvalue weighted by molar-refractivity contribution is 0.326. The van der Waals surface area contributed by atoms with E-state index in [1.807, 2.05) is 6.92 Å². The van der Waals surface area contributed by atoms with Crippen LogP contribution in [0.2, 0.25) is 0 Å². The number of ether oxygens (including phenoxy) is 1. The van der Waals surface area contributed by atoms with Crippen LogP contribution in [0.3, 0.4) is 0 Å². The summed E-state index contributed by atoms with van der Waals surface area (Å²) >= 11 is 3.28. The molecule has 0 spiro atoms. The molecule has 1 rings (SSSR count). The Morgan fingerprint density at radius 3 is 3.20 bits per heavy atom. The van der Waals surface area contributed by atoms with E-state index in [0.717, 1.165) is 4.47 Å². The molecule has 0 atom stereocenters. The molecular formula is C7H7BrNO. The molecule has 0 aliphatic rings. The lowest BCUT2D eigenvalue weighted by Crippen LogP contribution is -1.93. The van der Waals surface area contributed by atoms with E-state index >= 15 is 0 Å². The van der Waals surface area contributed by atoms with Gasteiger partial charge < -0.3 is 4.74 Å². The summed E-state index contributed by atoms with van der Waals surface area (Å²) < 4.78 is 6.05. The van der Waals surface area contributed by atoms with Gasteiger partial charge in [-0.1, -0.05) is 15.9 Å². The maximum atomic E-state index is 5.11. The van der Waals surface area contributed by atoms with Crippen LogP contribution >= 0.6 is 15.9 Å². The highest BCUT2D eigenvalue weighted by Gasteiger charge is 1.92. The van der Waals surface area contributed by atoms with Crippen molar-refractivity contribution in [1.29, 1.82) is 0 Å². The van der Waals surface area contributed by atoms with Gasteiger partial charge in [0.25, 0.3) is 0 Å². The SMILES string of the molecule is CCOc1cc(Br)c[c]n1. The largest absolute Gasteiger partial charge is 0.478 e. The van der Waals surface area contributed by atoms with Gasteiger partial charge in [0.05, 0.1) is 12.8 Å². The van der Waals surface area contributed by atoms with Crippen molar-refractivity contribution >= 4 is 15.9 Å². The quantitative estimate of drug-likeness (QED) is 0.730. The monoisotopic (exact) mass is 200 g/mol. The molecule has 1 aromatic rings. The number of rotatable bonds is 2. The Morgan fingerprint density at radius 1 is 1.80 bits per heavy atom. The molecule has 0 N–H and O–H groups in total. The molecule has 0 amide bonds. The predicted molar refractivity (Wildman–Crippen MR) is 41.9 cm³/mol. The fourth-order valence-electron chi connectivity index (χ4n) is 0.571. The minimum absolute atomic E-state index is 0.608. The van der Waals surface area contributed by atoms with Gasteiger partial charge in [-0.05, 0) is 13.0 Å². The van der Waals surface area contributed by atoms with Crippen molar-refractivity contribution in [2.45, 2.75) is 6.92 Å². The van der Waals surface area contributed by atoms with Crippen molar-refractivity contribution in [3.63, 3.8) is 0 Å². The summed E-state index contributed by atoms with van der Waals surface area (Å²) in [7, 11) is 0. The minimum atomic E-state index is 0.608. The van der Waals surface area contributed by atoms with Gasteiger partial charge in [-0.3, -0.25) is 0 Å². The van der Waals surface area contributed by atoms with Crippen molar-refractivity contribution < 1.29 is 4.74 Å². The molecule has 53 valence electrons. The van der Waals surface area contributed by atoms with Crippen LogP contribution in [0.1, 0.15) is 6.92 Å². The van der Waals surface area contributed by atoms with E-state index in [-0.39, 0.29) is 0 Å². The molecule has 2 nitrogen and oxygen atoms in total. The molecular weight excluding hydrogens is 194 g/mol. The van der Waals surface area contributed by atoms with Crippen LogP contribution in [0.5, 0.6) is 5.88 Å². The van der Waals surface area contributed by atoms with Crippen LogP contribution in [-0.4, -0.2) is 11.6 Å². The van der Waals surface area contributed by atoms with Gasteiger partial charge in [0, 0.05) is 10.5 Å². The Labute approximate surface area is 68.4 Å². The average molecular weight is 201 g/mol. The summed E-state index contributed by atoms with van der Waals surface area (Å²) in [6, 6.07) is 3.54. The first kappa shape index (κ1) is 7.54. The fourth-order valence-corrected chi connectivity index (χ4v) is 0.869. The zero-order chi connectivity index (χ0) is 7.40. The van der Waals surface area contributed by atoms with Gasteiger partial charge in [0.2, 0.25) is 5.88 Å². The number of aromatic nitrogens is 1. The van der Waals surface area contributed by atoms with E-state index in [4.69, 9.17) is 4.74 Å². The van der Waals surface area contributed by atoms with Crippen molar-refractivity contribution in [2.75, 3.05) is 6.61 Å². The molecule has 0 saturated carbocycles. The second-order valence-corrected chi connectivity index (χ2v) is 2.60. The van der Waals surface area contributed by atoms with Crippen LogP contribution in [0.15, 0.2) is 16.6 Å². The molecule has 1 radical (unpaired) electrons. The maximum absolute atomic E-state index is 5.11. The molecule has 3 heteroatoms. The van der Waals surface area contributed by atoms with Crippen molar-refractivity contribution in [3.05, 3.63) is 22.8 Å². The summed E-state index contributed by atoms with van der Waals surface area (Å²) in [5.74, 6) is 0.608. The van der Waals surface area contributed by atoms with Gasteiger partial charge >= 0.3 is 0 Å². The first-order chi connectivity index (χ1) is 4.83. The highest BCUT2D eigenvalue weighted by molar-refractivity contribution is 9.10. The second kappa shape index (κ2) is 3.56. The molecule has 0 aliphatic heterocycles. The lowest BCUT2D eigenvalue weighted by Gasteiger charge is -1.99. The smallest absolute Gasteiger partial charge is 0.214 e. The lowest BCUT2D eigenvalue weighted by atomic mass is 10.5. The normalized spacial score (nSPS) is 9.40. The van der Waals surface area contributed by atoms with E-state index in [1.165, 1.54) is 0 Å². The topological polar surface area (TPSA) is 22.1 Å². The number of pyridine rings is 1. The van der Waals surface area contributed by atoms with E-state index in [1.54, 1.807) is 12.1 Å². The Balaban J connectivity index is 2.75. The Bertz CT molecular complexity index is 215. The maximum Gasteiger partial charge on any atom is 0.214 e. The highest BCUT2D eigenvalue weighted by Crippen LogP contribution is 2.13. The molecule has 0 aliphatic carbocycles. The number of halogens is 1. The number of hydrogen-bond donors (Lipinski definition) is 0. The molecule has 10 heavy (non-hydrogen) atoms. The summed E-state index contributed by atoms with van der Waals surface area (Å²) in [5, 5.41) is 0. The zero-order valence-corrected chi connectivity index (χ0v) is 7.18. The second-order valence-electron chi connectivity index (χ2n) is 1.69.